The molecule has 0 spiro atoms. The van der Waals surface area contributed by atoms with Gasteiger partial charge in [0.15, 0.2) is 58.6 Å². The topological polar surface area (TPSA) is 358 Å². The van der Waals surface area contributed by atoms with Crippen molar-refractivity contribution in [3.63, 3.8) is 0 Å². The fourth-order valence-electron chi connectivity index (χ4n) is 9.34. The Morgan fingerprint density at radius 3 is 1.38 bits per heavy atom. The van der Waals surface area contributed by atoms with Crippen LogP contribution in [0.3, 0.4) is 0 Å². The van der Waals surface area contributed by atoms with Crippen LogP contribution in [0.25, 0.3) is 22.3 Å². The van der Waals surface area contributed by atoms with Crippen molar-refractivity contribution in [1.29, 1.82) is 0 Å². The van der Waals surface area contributed by atoms with Crippen molar-refractivity contribution in [2.45, 2.75) is 127 Å². The molecule has 380 valence electrons. The van der Waals surface area contributed by atoms with Gasteiger partial charge in [0.1, 0.15) is 24.4 Å². The minimum absolute atomic E-state index is 0.0123. The standard InChI is InChI=1S/C42H56N24O6/c1-5-65-57-35(55-59-65)31-27(67)29(69)39(71-31)63-19-47-25-33(51-41(53-37(25)63)43-13-11-23-15-61(3)17-45-23)49-21-7-9-22(10-8-21)50-34-26-38(54-42(52-34)44-14-12-24-16-62(4)18-46-24)64(20-48-26)40-30(70)28(68)32(72-40)36-56-60-66(6-2)58-36/h15-22,27-32,39-40,67-70H,5-14H2,1-4H3,(H2,43,49,51,53)(H2,44,50,52,54)/t21?,22?,27-,28?,29+,30?,31-,32?,39+,40?/m0/s1. The molecule has 2 aliphatic heterocycles. The Hall–Kier alpha value is -7.38. The van der Waals surface area contributed by atoms with E-state index >= 15 is 0 Å². The highest BCUT2D eigenvalue weighted by molar-refractivity contribution is 5.85. The van der Waals surface area contributed by atoms with Crippen molar-refractivity contribution < 1.29 is 29.9 Å². The minimum Gasteiger partial charge on any atom is -0.387 e. The van der Waals surface area contributed by atoms with Gasteiger partial charge in [-0.05, 0) is 50.0 Å². The molecule has 8 aromatic rings. The van der Waals surface area contributed by atoms with Crippen LogP contribution in [-0.4, -0.2) is 169 Å². The molecule has 2 saturated heterocycles. The van der Waals surface area contributed by atoms with Gasteiger partial charge < -0.3 is 60.3 Å². The quantitative estimate of drug-likeness (QED) is 0.0541. The molecule has 10 heterocycles. The van der Waals surface area contributed by atoms with Gasteiger partial charge in [0.25, 0.3) is 0 Å². The van der Waals surface area contributed by atoms with E-state index in [4.69, 9.17) is 39.4 Å². The van der Waals surface area contributed by atoms with Gasteiger partial charge in [-0.2, -0.15) is 29.5 Å². The number of imidazole rings is 4. The van der Waals surface area contributed by atoms with Crippen molar-refractivity contribution in [3.8, 4) is 0 Å². The second-order valence-electron chi connectivity index (χ2n) is 18.2. The van der Waals surface area contributed by atoms with Gasteiger partial charge in [0, 0.05) is 64.5 Å². The summed E-state index contributed by atoms with van der Waals surface area (Å²) in [6.07, 6.45) is 5.02. The molecule has 72 heavy (non-hydrogen) atoms. The predicted octanol–water partition coefficient (Wildman–Crippen LogP) is -0.426. The lowest BCUT2D eigenvalue weighted by atomic mass is 9.91. The number of tetrazole rings is 2. The van der Waals surface area contributed by atoms with Crippen molar-refractivity contribution in [2.75, 3.05) is 34.4 Å². The lowest BCUT2D eigenvalue weighted by Crippen LogP contribution is -2.33. The summed E-state index contributed by atoms with van der Waals surface area (Å²) in [6, 6.07) is -0.0247. The highest BCUT2D eigenvalue weighted by Crippen LogP contribution is 2.41. The van der Waals surface area contributed by atoms with E-state index in [2.05, 4.69) is 62.1 Å². The first-order chi connectivity index (χ1) is 35.0. The Labute approximate surface area is 409 Å². The Bertz CT molecular complexity index is 2930. The highest BCUT2D eigenvalue weighted by atomic mass is 16.6. The van der Waals surface area contributed by atoms with E-state index in [1.165, 1.54) is 22.2 Å². The summed E-state index contributed by atoms with van der Waals surface area (Å²) in [4.78, 5) is 40.5. The number of aryl methyl sites for hydroxylation is 4. The molecule has 30 heteroatoms. The lowest BCUT2D eigenvalue weighted by molar-refractivity contribution is -0.0384. The second-order valence-corrected chi connectivity index (χ2v) is 18.2. The number of nitrogens with one attached hydrogen (secondary N) is 4. The van der Waals surface area contributed by atoms with E-state index in [9.17, 15) is 20.4 Å². The molecule has 0 radical (unpaired) electrons. The zero-order valence-electron chi connectivity index (χ0n) is 39.9. The SMILES string of the molecule is CCn1nnc(C2OC(n3cnc4c(NC5CCC(Nc6nc(NCCc7cn(C)cn7)nc7c6ncn7[C@@H]6O[C@H](c7nnn(CC)n7)[C@@H](O)[C@H]6O)CC5)nc(NCCc5cn(C)cn5)nc43)C(O)C2O)n1. The third kappa shape index (κ3) is 9.22. The number of aliphatic hydroxyl groups is 4. The molecular weight excluding hydrogens is 937 g/mol. The third-order valence-corrected chi connectivity index (χ3v) is 13.1. The van der Waals surface area contributed by atoms with Crippen LogP contribution in [0.2, 0.25) is 0 Å². The smallest absolute Gasteiger partial charge is 0.226 e. The van der Waals surface area contributed by atoms with Crippen LogP contribution in [0, 0.1) is 0 Å². The van der Waals surface area contributed by atoms with E-state index in [0.29, 0.717) is 84.9 Å². The van der Waals surface area contributed by atoms with Crippen LogP contribution in [0.4, 0.5) is 23.5 Å². The maximum absolute atomic E-state index is 11.3. The summed E-state index contributed by atoms with van der Waals surface area (Å²) in [6.45, 7) is 5.65. The lowest BCUT2D eigenvalue weighted by Gasteiger charge is -2.30. The first kappa shape index (κ1) is 47.0. The molecule has 0 aromatic carbocycles. The first-order valence-corrected chi connectivity index (χ1v) is 24.0. The van der Waals surface area contributed by atoms with Crippen molar-refractivity contribution in [1.82, 2.24) is 98.6 Å². The van der Waals surface area contributed by atoms with E-state index in [1.807, 2.05) is 49.5 Å². The third-order valence-electron chi connectivity index (χ3n) is 13.1. The molecular formula is C42H56N24O6. The maximum Gasteiger partial charge on any atom is 0.226 e. The van der Waals surface area contributed by atoms with E-state index < -0.39 is 49.1 Å². The van der Waals surface area contributed by atoms with Crippen molar-refractivity contribution in [3.05, 3.63) is 60.7 Å². The maximum atomic E-state index is 11.3. The number of nitrogens with zero attached hydrogens (tertiary/aromatic N) is 20. The number of anilines is 4. The molecule has 8 atom stereocenters. The number of rotatable bonds is 18. The van der Waals surface area contributed by atoms with E-state index in [1.54, 1.807) is 21.8 Å². The summed E-state index contributed by atoms with van der Waals surface area (Å²) < 4.78 is 19.4. The number of aliphatic hydroxyl groups excluding tert-OH is 4. The summed E-state index contributed by atoms with van der Waals surface area (Å²) >= 11 is 0. The Balaban J connectivity index is 0.821. The van der Waals surface area contributed by atoms with E-state index in [0.717, 1.165) is 37.1 Å². The molecule has 4 unspecified atom stereocenters. The fraction of sp³-hybridized carbons (Fsp3) is 0.571. The average Bonchev–Trinajstić information content (AvgIpc) is 4.26. The minimum atomic E-state index is -1.36. The molecule has 3 fully saturated rings. The van der Waals surface area contributed by atoms with Gasteiger partial charge in [0.05, 0.1) is 49.8 Å². The van der Waals surface area contributed by atoms with Crippen molar-refractivity contribution >= 4 is 45.9 Å². The number of ether oxygens (including phenoxy) is 2. The monoisotopic (exact) mass is 992 g/mol. The Morgan fingerprint density at radius 1 is 0.569 bits per heavy atom. The molecule has 0 amide bonds. The normalized spacial score (nSPS) is 25.5. The Morgan fingerprint density at radius 2 is 1.00 bits per heavy atom. The number of aromatic nitrogens is 20. The number of fused-ring (bicyclic) bond motifs is 2. The van der Waals surface area contributed by atoms with Crippen LogP contribution in [0.1, 0.15) is 87.2 Å². The fourth-order valence-corrected chi connectivity index (χ4v) is 9.34. The number of hydrogen-bond acceptors (Lipinski definition) is 24. The van der Waals surface area contributed by atoms with Crippen LogP contribution in [-0.2, 0) is 49.5 Å². The second kappa shape index (κ2) is 19.7. The van der Waals surface area contributed by atoms with Gasteiger partial charge >= 0.3 is 0 Å². The van der Waals surface area contributed by atoms with Gasteiger partial charge in [-0.25, -0.2) is 19.9 Å². The van der Waals surface area contributed by atoms with Gasteiger partial charge in [-0.15, -0.1) is 20.4 Å². The molecule has 11 rings (SSSR count). The molecule has 30 nitrogen and oxygen atoms in total. The highest BCUT2D eigenvalue weighted by Gasteiger charge is 2.48. The summed E-state index contributed by atoms with van der Waals surface area (Å²) in [5.74, 6) is 1.95. The Kier molecular flexibility index (Phi) is 12.8. The largest absolute Gasteiger partial charge is 0.387 e. The summed E-state index contributed by atoms with van der Waals surface area (Å²) in [5, 5.41) is 83.5. The molecule has 0 bridgehead atoms. The summed E-state index contributed by atoms with van der Waals surface area (Å²) in [5.41, 5.74) is 3.47. The van der Waals surface area contributed by atoms with Crippen molar-refractivity contribution in [2.24, 2.45) is 14.1 Å². The van der Waals surface area contributed by atoms with Crippen LogP contribution >= 0.6 is 0 Å². The molecule has 1 saturated carbocycles. The average molecular weight is 993 g/mol. The van der Waals surface area contributed by atoms with Crippen LogP contribution in [0.15, 0.2) is 37.7 Å². The van der Waals surface area contributed by atoms with Gasteiger partial charge in [0.2, 0.25) is 23.5 Å². The molecule has 8 aromatic heterocycles. The zero-order valence-corrected chi connectivity index (χ0v) is 39.9. The van der Waals surface area contributed by atoms with Gasteiger partial charge in [-0.1, -0.05) is 0 Å². The summed E-state index contributed by atoms with van der Waals surface area (Å²) in [7, 11) is 3.83. The molecule has 3 aliphatic rings. The molecule has 8 N–H and O–H groups in total. The first-order valence-electron chi connectivity index (χ1n) is 24.0. The molecule has 1 aliphatic carbocycles. The van der Waals surface area contributed by atoms with Gasteiger partial charge in [-0.3, -0.25) is 9.13 Å². The zero-order chi connectivity index (χ0) is 49.6. The van der Waals surface area contributed by atoms with Crippen LogP contribution in [0.5, 0.6) is 0 Å². The number of hydrogen-bond donors (Lipinski definition) is 8. The van der Waals surface area contributed by atoms with E-state index in [-0.39, 0.29) is 23.7 Å². The van der Waals surface area contributed by atoms with Crippen LogP contribution < -0.4 is 21.3 Å². The predicted molar refractivity (Wildman–Crippen MR) is 251 cm³/mol.